The normalized spacial score (nSPS) is 11.3. The van der Waals surface area contributed by atoms with Gasteiger partial charge in [-0.3, -0.25) is 0 Å². The molecule has 0 amide bonds. The van der Waals surface area contributed by atoms with Crippen LogP contribution in [-0.4, -0.2) is 4.57 Å². The van der Waals surface area contributed by atoms with Crippen LogP contribution in [0.25, 0.3) is 71.6 Å². The van der Waals surface area contributed by atoms with Gasteiger partial charge in [-0.25, -0.2) is 0 Å². The van der Waals surface area contributed by atoms with Gasteiger partial charge in [0.2, 0.25) is 0 Å². The molecule has 0 unspecified atom stereocenters. The molecule has 0 fully saturated rings. The summed E-state index contributed by atoms with van der Waals surface area (Å²) < 4.78 is 2.40. The minimum atomic E-state index is 1.08. The number of hydrogen-bond acceptors (Lipinski definition) is 1. The summed E-state index contributed by atoms with van der Waals surface area (Å²) in [6.07, 6.45) is 0. The molecule has 2 nitrogen and oxygen atoms in total. The molecule has 1 aromatic heterocycles. The Morgan fingerprint density at radius 2 is 0.926 bits per heavy atom. The van der Waals surface area contributed by atoms with Crippen molar-refractivity contribution in [1.29, 1.82) is 0 Å². The van der Waals surface area contributed by atoms with E-state index in [2.05, 4.69) is 228 Å². The van der Waals surface area contributed by atoms with Crippen molar-refractivity contribution in [3.05, 3.63) is 218 Å². The van der Waals surface area contributed by atoms with Gasteiger partial charge in [0.05, 0.1) is 22.4 Å². The lowest BCUT2D eigenvalue weighted by Crippen LogP contribution is -2.13. The first-order chi connectivity index (χ1) is 26.8. The van der Waals surface area contributed by atoms with Crippen LogP contribution in [0.5, 0.6) is 0 Å². The Kier molecular flexibility index (Phi) is 7.85. The predicted molar refractivity (Wildman–Crippen MR) is 229 cm³/mol. The Morgan fingerprint density at radius 1 is 0.315 bits per heavy atom. The van der Waals surface area contributed by atoms with Crippen LogP contribution in [0.15, 0.2) is 218 Å². The second-order valence-corrected chi connectivity index (χ2v) is 13.7. The van der Waals surface area contributed by atoms with E-state index >= 15 is 0 Å². The van der Waals surface area contributed by atoms with Crippen LogP contribution < -0.4 is 4.90 Å². The average molecular weight is 689 g/mol. The molecule has 0 radical (unpaired) electrons. The Balaban J connectivity index is 1.31. The summed E-state index contributed by atoms with van der Waals surface area (Å²) in [6, 6.07) is 79.0. The topological polar surface area (TPSA) is 8.17 Å². The highest BCUT2D eigenvalue weighted by atomic mass is 15.1. The van der Waals surface area contributed by atoms with Crippen LogP contribution in [0, 0.1) is 0 Å². The van der Waals surface area contributed by atoms with Crippen molar-refractivity contribution in [2.75, 3.05) is 4.90 Å². The van der Waals surface area contributed by atoms with Crippen molar-refractivity contribution >= 4 is 49.6 Å². The lowest BCUT2D eigenvalue weighted by atomic mass is 9.94. The van der Waals surface area contributed by atoms with E-state index in [9.17, 15) is 0 Å². The van der Waals surface area contributed by atoms with Gasteiger partial charge in [0, 0.05) is 33.3 Å². The van der Waals surface area contributed by atoms with Crippen LogP contribution in [0.1, 0.15) is 0 Å². The number of anilines is 3. The average Bonchev–Trinajstić information content (AvgIpc) is 3.58. The number of para-hydroxylation sites is 3. The molecule has 1 heterocycles. The Morgan fingerprint density at radius 3 is 1.74 bits per heavy atom. The van der Waals surface area contributed by atoms with E-state index in [-0.39, 0.29) is 0 Å². The summed E-state index contributed by atoms with van der Waals surface area (Å²) in [4.78, 5) is 2.48. The third-order valence-corrected chi connectivity index (χ3v) is 10.6. The fourth-order valence-electron chi connectivity index (χ4n) is 8.11. The molecule has 54 heavy (non-hydrogen) atoms. The van der Waals surface area contributed by atoms with E-state index in [0.717, 1.165) is 39.4 Å². The number of fused-ring (bicyclic) bond motifs is 4. The third kappa shape index (κ3) is 5.44. The molecule has 0 aliphatic carbocycles. The molecule has 0 N–H and O–H groups in total. The molecule has 254 valence electrons. The minimum absolute atomic E-state index is 1.08. The van der Waals surface area contributed by atoms with Crippen LogP contribution in [0.2, 0.25) is 0 Å². The van der Waals surface area contributed by atoms with Gasteiger partial charge in [-0.05, 0) is 75.5 Å². The van der Waals surface area contributed by atoms with Gasteiger partial charge in [-0.1, -0.05) is 176 Å². The fourth-order valence-corrected chi connectivity index (χ4v) is 8.11. The first kappa shape index (κ1) is 31.6. The van der Waals surface area contributed by atoms with Gasteiger partial charge in [-0.2, -0.15) is 0 Å². The highest BCUT2D eigenvalue weighted by Crippen LogP contribution is 2.48. The van der Waals surface area contributed by atoms with Crippen molar-refractivity contribution in [1.82, 2.24) is 4.57 Å². The Labute approximate surface area is 315 Å². The number of nitrogens with zero attached hydrogens (tertiary/aromatic N) is 2. The molecular formula is C52H36N2. The van der Waals surface area contributed by atoms with Crippen LogP contribution in [0.4, 0.5) is 17.1 Å². The molecule has 0 atom stereocenters. The Hall–Kier alpha value is -7.16. The summed E-state index contributed by atoms with van der Waals surface area (Å²) in [7, 11) is 0. The SMILES string of the molecule is c1ccc(-c2ccc(-c3ccccc3)c(N(c3ccc4c5ccccc5n(-c5ccccc5)c4c3)c3ccccc3-c3cccc4ccccc34)c2)cc1. The summed E-state index contributed by atoms with van der Waals surface area (Å²) >= 11 is 0. The second kappa shape index (κ2) is 13.4. The quantitative estimate of drug-likeness (QED) is 0.162. The van der Waals surface area contributed by atoms with E-state index < -0.39 is 0 Å². The monoisotopic (exact) mass is 688 g/mol. The van der Waals surface area contributed by atoms with Crippen LogP contribution >= 0.6 is 0 Å². The first-order valence-electron chi connectivity index (χ1n) is 18.5. The van der Waals surface area contributed by atoms with Crippen LogP contribution in [-0.2, 0) is 0 Å². The molecule has 10 aromatic rings. The standard InChI is InChI=1S/C52H36N2/c1-4-17-37(18-5-1)40-31-33-44(39-19-6-2-7-20-39)51(35-40)54(49-29-14-12-26-46(49)45-28-16-22-38-21-10-11-25-43(38)45)42-32-34-48-47-27-13-15-30-50(47)53(52(48)36-42)41-23-8-3-9-24-41/h1-36H. The lowest BCUT2D eigenvalue weighted by molar-refractivity contribution is 1.18. The minimum Gasteiger partial charge on any atom is -0.309 e. The summed E-state index contributed by atoms with van der Waals surface area (Å²) in [5.74, 6) is 0. The molecule has 0 saturated carbocycles. The molecule has 0 saturated heterocycles. The smallest absolute Gasteiger partial charge is 0.0561 e. The molecule has 0 spiro atoms. The van der Waals surface area contributed by atoms with Gasteiger partial charge >= 0.3 is 0 Å². The largest absolute Gasteiger partial charge is 0.309 e. The van der Waals surface area contributed by atoms with E-state index in [4.69, 9.17) is 0 Å². The molecule has 0 bridgehead atoms. The van der Waals surface area contributed by atoms with Crippen molar-refractivity contribution in [3.8, 4) is 39.1 Å². The molecule has 10 rings (SSSR count). The summed E-state index contributed by atoms with van der Waals surface area (Å²) in [6.45, 7) is 0. The molecule has 0 aliphatic heterocycles. The van der Waals surface area contributed by atoms with Gasteiger partial charge in [0.1, 0.15) is 0 Å². The number of rotatable bonds is 7. The molecule has 2 heteroatoms. The zero-order valence-electron chi connectivity index (χ0n) is 29.7. The van der Waals surface area contributed by atoms with Gasteiger partial charge < -0.3 is 9.47 Å². The number of benzene rings is 9. The van der Waals surface area contributed by atoms with Crippen molar-refractivity contribution in [2.24, 2.45) is 0 Å². The third-order valence-electron chi connectivity index (χ3n) is 10.6. The van der Waals surface area contributed by atoms with Gasteiger partial charge in [0.25, 0.3) is 0 Å². The maximum absolute atomic E-state index is 2.48. The molecule has 0 aliphatic rings. The van der Waals surface area contributed by atoms with Crippen molar-refractivity contribution in [3.63, 3.8) is 0 Å². The van der Waals surface area contributed by atoms with E-state index in [1.807, 2.05) is 0 Å². The van der Waals surface area contributed by atoms with Crippen molar-refractivity contribution in [2.45, 2.75) is 0 Å². The fraction of sp³-hybridized carbons (Fsp3) is 0. The van der Waals surface area contributed by atoms with E-state index in [1.54, 1.807) is 0 Å². The summed E-state index contributed by atoms with van der Waals surface area (Å²) in [5.41, 5.74) is 13.8. The number of aromatic nitrogens is 1. The summed E-state index contributed by atoms with van der Waals surface area (Å²) in [5, 5.41) is 4.91. The van der Waals surface area contributed by atoms with E-state index in [0.29, 0.717) is 0 Å². The maximum atomic E-state index is 2.48. The predicted octanol–water partition coefficient (Wildman–Crippen LogP) is 14.4. The van der Waals surface area contributed by atoms with Gasteiger partial charge in [0.15, 0.2) is 0 Å². The van der Waals surface area contributed by atoms with Crippen LogP contribution in [0.3, 0.4) is 0 Å². The maximum Gasteiger partial charge on any atom is 0.0561 e. The zero-order valence-corrected chi connectivity index (χ0v) is 29.7. The molecule has 9 aromatic carbocycles. The van der Waals surface area contributed by atoms with Gasteiger partial charge in [-0.15, -0.1) is 0 Å². The molecular weight excluding hydrogens is 653 g/mol. The van der Waals surface area contributed by atoms with E-state index in [1.165, 1.54) is 49.3 Å². The zero-order chi connectivity index (χ0) is 35.8. The first-order valence-corrected chi connectivity index (χ1v) is 18.5. The highest BCUT2D eigenvalue weighted by Gasteiger charge is 2.23. The highest BCUT2D eigenvalue weighted by molar-refractivity contribution is 6.11. The number of hydrogen-bond donors (Lipinski definition) is 0. The van der Waals surface area contributed by atoms with Crippen molar-refractivity contribution < 1.29 is 0 Å². The lowest BCUT2D eigenvalue weighted by Gasteiger charge is -2.31. The second-order valence-electron chi connectivity index (χ2n) is 13.7. The Bertz CT molecular complexity index is 2920.